The predicted octanol–water partition coefficient (Wildman–Crippen LogP) is 2.04. The maximum absolute atomic E-state index is 14.2. The van der Waals surface area contributed by atoms with Gasteiger partial charge in [-0.25, -0.2) is 9.18 Å². The van der Waals surface area contributed by atoms with E-state index in [0.29, 0.717) is 34.0 Å². The van der Waals surface area contributed by atoms with Crippen molar-refractivity contribution in [1.82, 2.24) is 9.55 Å². The molecule has 4 rings (SSSR count). The van der Waals surface area contributed by atoms with Crippen LogP contribution in [0.4, 0.5) is 10.1 Å². The zero-order chi connectivity index (χ0) is 20.8. The fraction of sp³-hybridized carbons (Fsp3) is 0.350. The zero-order valence-electron chi connectivity index (χ0n) is 15.7. The fourth-order valence-electron chi connectivity index (χ4n) is 3.68. The van der Waals surface area contributed by atoms with E-state index in [1.165, 1.54) is 10.6 Å². The SMILES string of the molecule is Cn1c(=O)[nH]c2cccc(OC[C@]3(O)CCN(c4ccc(Cl)cc4F)C[C@H]3O)c21. The normalized spacial score (nSPS) is 22.2. The Bertz CT molecular complexity index is 1110. The van der Waals surface area contributed by atoms with Crippen molar-refractivity contribution in [2.24, 2.45) is 7.05 Å². The second-order valence-corrected chi connectivity index (χ2v) is 7.78. The molecule has 0 amide bonds. The summed E-state index contributed by atoms with van der Waals surface area (Å²) in [5.41, 5.74) is -0.250. The van der Waals surface area contributed by atoms with Gasteiger partial charge in [-0.15, -0.1) is 0 Å². The number of benzene rings is 2. The van der Waals surface area contributed by atoms with Crippen LogP contribution in [-0.4, -0.2) is 51.2 Å². The number of anilines is 1. The fourth-order valence-corrected chi connectivity index (χ4v) is 3.84. The van der Waals surface area contributed by atoms with Gasteiger partial charge in [0.25, 0.3) is 0 Å². The molecule has 1 aliphatic rings. The summed E-state index contributed by atoms with van der Waals surface area (Å²) >= 11 is 5.80. The summed E-state index contributed by atoms with van der Waals surface area (Å²) in [5.74, 6) is -0.0541. The number of fused-ring (bicyclic) bond motifs is 1. The minimum atomic E-state index is -1.50. The topological polar surface area (TPSA) is 90.7 Å². The zero-order valence-corrected chi connectivity index (χ0v) is 16.5. The van der Waals surface area contributed by atoms with E-state index < -0.39 is 17.5 Å². The van der Waals surface area contributed by atoms with Crippen molar-refractivity contribution in [2.45, 2.75) is 18.1 Å². The molecule has 0 saturated carbocycles. The predicted molar refractivity (Wildman–Crippen MR) is 108 cm³/mol. The quantitative estimate of drug-likeness (QED) is 0.599. The first-order valence-corrected chi connectivity index (χ1v) is 9.57. The minimum Gasteiger partial charge on any atom is -0.488 e. The average Bonchev–Trinajstić information content (AvgIpc) is 2.97. The van der Waals surface area contributed by atoms with Crippen LogP contribution in [0, 0.1) is 5.82 Å². The van der Waals surface area contributed by atoms with Crippen molar-refractivity contribution >= 4 is 28.3 Å². The monoisotopic (exact) mass is 421 g/mol. The second-order valence-electron chi connectivity index (χ2n) is 7.34. The van der Waals surface area contributed by atoms with Crippen LogP contribution in [-0.2, 0) is 7.05 Å². The summed E-state index contributed by atoms with van der Waals surface area (Å²) in [6, 6.07) is 9.54. The molecule has 3 N–H and O–H groups in total. The van der Waals surface area contributed by atoms with Crippen LogP contribution in [0.3, 0.4) is 0 Å². The van der Waals surface area contributed by atoms with Gasteiger partial charge in [0.15, 0.2) is 0 Å². The highest BCUT2D eigenvalue weighted by Gasteiger charge is 2.42. The number of nitrogens with zero attached hydrogens (tertiary/aromatic N) is 2. The number of para-hydroxylation sites is 1. The molecule has 0 spiro atoms. The number of rotatable bonds is 4. The number of aryl methyl sites for hydroxylation is 1. The van der Waals surface area contributed by atoms with Gasteiger partial charge in [0.05, 0.1) is 11.2 Å². The maximum Gasteiger partial charge on any atom is 0.326 e. The number of aliphatic hydroxyl groups is 2. The van der Waals surface area contributed by atoms with E-state index >= 15 is 0 Å². The van der Waals surface area contributed by atoms with E-state index in [9.17, 15) is 19.4 Å². The summed E-state index contributed by atoms with van der Waals surface area (Å²) in [4.78, 5) is 16.2. The van der Waals surface area contributed by atoms with Crippen molar-refractivity contribution in [3.05, 3.63) is 57.7 Å². The van der Waals surface area contributed by atoms with Gasteiger partial charge < -0.3 is 24.8 Å². The first-order chi connectivity index (χ1) is 13.8. The highest BCUT2D eigenvalue weighted by molar-refractivity contribution is 6.30. The lowest BCUT2D eigenvalue weighted by Gasteiger charge is -2.42. The number of ether oxygens (including phenoxy) is 1. The molecule has 3 aromatic rings. The van der Waals surface area contributed by atoms with E-state index in [1.54, 1.807) is 42.3 Å². The number of aromatic nitrogens is 2. The lowest BCUT2D eigenvalue weighted by molar-refractivity contribution is -0.108. The van der Waals surface area contributed by atoms with Crippen LogP contribution < -0.4 is 15.3 Å². The molecule has 2 aromatic carbocycles. The van der Waals surface area contributed by atoms with E-state index in [0.717, 1.165) is 0 Å². The molecular formula is C20H21ClFN3O4. The number of hydrogen-bond donors (Lipinski definition) is 3. The molecule has 1 fully saturated rings. The van der Waals surface area contributed by atoms with Gasteiger partial charge in [-0.1, -0.05) is 17.7 Å². The van der Waals surface area contributed by atoms with E-state index in [2.05, 4.69) is 4.98 Å². The van der Waals surface area contributed by atoms with Gasteiger partial charge in [0.1, 0.15) is 35.4 Å². The molecule has 2 heterocycles. The maximum atomic E-state index is 14.2. The third-order valence-corrected chi connectivity index (χ3v) is 5.67. The van der Waals surface area contributed by atoms with Crippen LogP contribution in [0.2, 0.25) is 5.02 Å². The molecule has 1 aromatic heterocycles. The first-order valence-electron chi connectivity index (χ1n) is 9.19. The molecule has 0 bridgehead atoms. The third-order valence-electron chi connectivity index (χ3n) is 5.44. The van der Waals surface area contributed by atoms with E-state index in [-0.39, 0.29) is 25.3 Å². The van der Waals surface area contributed by atoms with E-state index in [4.69, 9.17) is 16.3 Å². The Hall–Kier alpha value is -2.55. The Morgan fingerprint density at radius 2 is 2.17 bits per heavy atom. The van der Waals surface area contributed by atoms with Crippen LogP contribution in [0.25, 0.3) is 11.0 Å². The Balaban J connectivity index is 1.50. The number of hydrogen-bond acceptors (Lipinski definition) is 5. The number of halogens is 2. The molecular weight excluding hydrogens is 401 g/mol. The lowest BCUT2D eigenvalue weighted by atomic mass is 9.89. The summed E-state index contributed by atoms with van der Waals surface area (Å²) in [6.07, 6.45) is -0.973. The number of piperidine rings is 1. The van der Waals surface area contributed by atoms with Crippen LogP contribution in [0.1, 0.15) is 6.42 Å². The number of nitrogens with one attached hydrogen (secondary N) is 1. The average molecular weight is 422 g/mol. The van der Waals surface area contributed by atoms with Crippen molar-refractivity contribution in [3.8, 4) is 5.75 Å². The largest absolute Gasteiger partial charge is 0.488 e. The molecule has 0 radical (unpaired) electrons. The van der Waals surface area contributed by atoms with Gasteiger partial charge in [-0.05, 0) is 36.8 Å². The molecule has 9 heteroatoms. The molecule has 0 aliphatic carbocycles. The second kappa shape index (κ2) is 7.37. The molecule has 1 saturated heterocycles. The molecule has 7 nitrogen and oxygen atoms in total. The summed E-state index contributed by atoms with van der Waals surface area (Å²) in [7, 11) is 1.62. The summed E-state index contributed by atoms with van der Waals surface area (Å²) in [6.45, 7) is 0.219. The first kappa shape index (κ1) is 19.8. The molecule has 0 unspecified atom stereocenters. The van der Waals surface area contributed by atoms with Crippen molar-refractivity contribution in [1.29, 1.82) is 0 Å². The van der Waals surface area contributed by atoms with Gasteiger partial charge >= 0.3 is 5.69 Å². The van der Waals surface area contributed by atoms with Gasteiger partial charge in [0, 0.05) is 25.2 Å². The Labute approximate surface area is 170 Å². The van der Waals surface area contributed by atoms with E-state index in [1.807, 2.05) is 0 Å². The number of aromatic amines is 1. The highest BCUT2D eigenvalue weighted by atomic mass is 35.5. The standard InChI is InChI=1S/C20H21ClFN3O4/c1-24-18-14(23-19(24)27)3-2-4-16(18)29-11-20(28)7-8-25(10-17(20)26)15-6-5-12(21)9-13(15)22/h2-6,9,17,26,28H,7-8,10-11H2,1H3,(H,23,27)/t17-,20-/m1/s1. The van der Waals surface area contributed by atoms with Crippen LogP contribution >= 0.6 is 11.6 Å². The van der Waals surface area contributed by atoms with Gasteiger partial charge in [-0.2, -0.15) is 0 Å². The van der Waals surface area contributed by atoms with Crippen molar-refractivity contribution < 1.29 is 19.3 Å². The number of imidazole rings is 1. The lowest BCUT2D eigenvalue weighted by Crippen LogP contribution is -2.58. The number of aliphatic hydroxyl groups excluding tert-OH is 1. The van der Waals surface area contributed by atoms with Crippen LogP contribution in [0.15, 0.2) is 41.2 Å². The Morgan fingerprint density at radius 1 is 1.38 bits per heavy atom. The number of β-amino-alcohol motifs (C(OH)–C–C–N with tert-alkyl or cyclic N) is 1. The van der Waals surface area contributed by atoms with Gasteiger partial charge in [0.2, 0.25) is 0 Å². The van der Waals surface area contributed by atoms with Crippen LogP contribution in [0.5, 0.6) is 5.75 Å². The van der Waals surface area contributed by atoms with Gasteiger partial charge in [-0.3, -0.25) is 4.57 Å². The molecule has 154 valence electrons. The summed E-state index contributed by atoms with van der Waals surface area (Å²) < 4.78 is 21.4. The highest BCUT2D eigenvalue weighted by Crippen LogP contribution is 2.31. The minimum absolute atomic E-state index is 0.0469. The number of H-pyrrole nitrogens is 1. The molecule has 29 heavy (non-hydrogen) atoms. The summed E-state index contributed by atoms with van der Waals surface area (Å²) in [5, 5.41) is 21.8. The molecule has 2 atom stereocenters. The third kappa shape index (κ3) is 3.59. The Kier molecular flexibility index (Phi) is 5.02. The smallest absolute Gasteiger partial charge is 0.326 e. The molecule has 1 aliphatic heterocycles. The Morgan fingerprint density at radius 3 is 2.90 bits per heavy atom. The van der Waals surface area contributed by atoms with Crippen molar-refractivity contribution in [3.63, 3.8) is 0 Å². The van der Waals surface area contributed by atoms with Crippen molar-refractivity contribution in [2.75, 3.05) is 24.6 Å².